The van der Waals surface area contributed by atoms with E-state index in [9.17, 15) is 19.2 Å². The van der Waals surface area contributed by atoms with E-state index in [0.29, 0.717) is 16.5 Å². The van der Waals surface area contributed by atoms with Crippen molar-refractivity contribution < 1.29 is 28.8 Å². The number of primary amides is 1. The number of carboxylic acid groups (broad SMARTS) is 1. The number of Topliss-reactive ketones (excluding diaryl/α,β-unsaturated/α-hetero) is 1. The van der Waals surface area contributed by atoms with Crippen LogP contribution in [0.2, 0.25) is 5.02 Å². The van der Waals surface area contributed by atoms with Gasteiger partial charge in [-0.15, -0.1) is 0 Å². The van der Waals surface area contributed by atoms with E-state index in [1.54, 1.807) is 6.07 Å². The molecule has 0 aliphatic rings. The lowest BCUT2D eigenvalue weighted by atomic mass is 9.96. The van der Waals surface area contributed by atoms with Gasteiger partial charge in [0.05, 0.1) is 6.54 Å². The third kappa shape index (κ3) is 8.06. The van der Waals surface area contributed by atoms with Gasteiger partial charge in [-0.3, -0.25) is 19.2 Å². The van der Waals surface area contributed by atoms with Gasteiger partial charge in [-0.1, -0.05) is 53.2 Å². The van der Waals surface area contributed by atoms with Crippen molar-refractivity contribution >= 4 is 35.2 Å². The smallest absolute Gasteiger partial charge is 0.303 e. The third-order valence-corrected chi connectivity index (χ3v) is 5.80. The van der Waals surface area contributed by atoms with Gasteiger partial charge in [-0.2, -0.15) is 0 Å². The van der Waals surface area contributed by atoms with Crippen LogP contribution in [0.1, 0.15) is 31.4 Å². The fraction of sp³-hybridized carbons (Fsp3) is 0.269. The summed E-state index contributed by atoms with van der Waals surface area (Å²) in [5, 5.41) is 16.0. The number of benzene rings is 2. The quantitative estimate of drug-likeness (QED) is 0.316. The zero-order chi connectivity index (χ0) is 26.1. The summed E-state index contributed by atoms with van der Waals surface area (Å²) < 4.78 is 5.34. The molecule has 0 saturated heterocycles. The number of aliphatic carboxylic acids is 1. The second-order valence-corrected chi connectivity index (χ2v) is 8.75. The molecule has 0 fully saturated rings. The van der Waals surface area contributed by atoms with E-state index in [4.69, 9.17) is 27.0 Å². The molecule has 4 N–H and O–H groups in total. The summed E-state index contributed by atoms with van der Waals surface area (Å²) in [5.74, 6) is -2.94. The van der Waals surface area contributed by atoms with Crippen LogP contribution < -0.4 is 11.1 Å². The van der Waals surface area contributed by atoms with Crippen molar-refractivity contribution in [2.24, 2.45) is 11.7 Å². The predicted octanol–water partition coefficient (Wildman–Crippen LogP) is 3.64. The Labute approximate surface area is 212 Å². The van der Waals surface area contributed by atoms with Gasteiger partial charge in [0.25, 0.3) is 0 Å². The summed E-state index contributed by atoms with van der Waals surface area (Å²) in [6, 6.07) is 17.1. The first-order chi connectivity index (χ1) is 17.2. The molecule has 1 atom stereocenters. The second-order valence-electron chi connectivity index (χ2n) is 8.32. The predicted molar refractivity (Wildman–Crippen MR) is 133 cm³/mol. The largest absolute Gasteiger partial charge is 0.481 e. The molecule has 3 aromatic rings. The number of carboxylic acids is 1. The number of ketones is 1. The molecule has 2 amide bonds. The first-order valence-corrected chi connectivity index (χ1v) is 11.7. The lowest BCUT2D eigenvalue weighted by Gasteiger charge is -2.11. The van der Waals surface area contributed by atoms with Gasteiger partial charge in [0, 0.05) is 48.3 Å². The van der Waals surface area contributed by atoms with Crippen LogP contribution in [0.4, 0.5) is 0 Å². The number of amides is 2. The van der Waals surface area contributed by atoms with E-state index in [-0.39, 0.29) is 44.6 Å². The average Bonchev–Trinajstić information content (AvgIpc) is 3.33. The number of aryl methyl sites for hydroxylation is 1. The molecule has 0 spiro atoms. The Kier molecular flexibility index (Phi) is 9.35. The number of nitrogens with zero attached hydrogens (tertiary/aromatic N) is 1. The number of nitrogens with one attached hydrogen (secondary N) is 1. The molecule has 0 aliphatic carbocycles. The van der Waals surface area contributed by atoms with E-state index in [0.717, 1.165) is 16.7 Å². The van der Waals surface area contributed by atoms with Crippen molar-refractivity contribution in [1.29, 1.82) is 0 Å². The van der Waals surface area contributed by atoms with E-state index < -0.39 is 23.6 Å². The molecule has 0 radical (unpaired) electrons. The monoisotopic (exact) mass is 511 g/mol. The number of aromatic nitrogens is 1. The number of hydrogen-bond donors (Lipinski definition) is 3. The van der Waals surface area contributed by atoms with E-state index in [2.05, 4.69) is 10.5 Å². The number of hydrogen-bond acceptors (Lipinski definition) is 6. The Bertz CT molecular complexity index is 1240. The average molecular weight is 512 g/mol. The molecule has 0 bridgehead atoms. The molecule has 2 aromatic carbocycles. The number of carbonyl (C=O) groups excluding carboxylic acids is 3. The molecule has 9 nitrogen and oxygen atoms in total. The molecule has 1 aromatic heterocycles. The molecular formula is C26H26ClN3O6. The normalized spacial score (nSPS) is 11.6. The molecule has 188 valence electrons. The molecule has 0 aliphatic heterocycles. The molecule has 36 heavy (non-hydrogen) atoms. The fourth-order valence-corrected chi connectivity index (χ4v) is 3.77. The van der Waals surface area contributed by atoms with E-state index in [1.165, 1.54) is 0 Å². The maximum Gasteiger partial charge on any atom is 0.303 e. The summed E-state index contributed by atoms with van der Waals surface area (Å²) in [6.45, 7) is -0.268. The Hall–Kier alpha value is -3.98. The standard InChI is InChI=1S/C26H26ClN3O6/c27-20-3-1-2-18(12-20)16-4-6-17(7-5-16)23-14-22(36-30-23)9-10-24(32)29-15-21(31)13-19(26(28)35)8-11-25(33)34/h1-7,12,14,19H,8-11,13,15H2,(H2,28,35)(H,29,32)(H,33,34)/t19-/m0/s1. The molecule has 0 unspecified atom stereocenters. The van der Waals surface area contributed by atoms with Crippen molar-refractivity contribution in [3.05, 3.63) is 65.4 Å². The van der Waals surface area contributed by atoms with Gasteiger partial charge in [0.2, 0.25) is 11.8 Å². The van der Waals surface area contributed by atoms with Crippen molar-refractivity contribution in [2.75, 3.05) is 6.54 Å². The van der Waals surface area contributed by atoms with Crippen LogP contribution in [0.25, 0.3) is 22.4 Å². The SMILES string of the molecule is NC(=O)[C@@H](CCC(=O)O)CC(=O)CNC(=O)CCc1cc(-c2ccc(-c3cccc(Cl)c3)cc2)no1. The van der Waals surface area contributed by atoms with Crippen molar-refractivity contribution in [2.45, 2.75) is 32.1 Å². The maximum atomic E-state index is 12.1. The van der Waals surface area contributed by atoms with Gasteiger partial charge in [0.1, 0.15) is 11.5 Å². The topological polar surface area (TPSA) is 153 Å². The Morgan fingerprint density at radius 2 is 1.72 bits per heavy atom. The van der Waals surface area contributed by atoms with Crippen LogP contribution in [0.5, 0.6) is 0 Å². The van der Waals surface area contributed by atoms with Gasteiger partial charge in [0.15, 0.2) is 5.78 Å². The van der Waals surface area contributed by atoms with Crippen LogP contribution in [0.15, 0.2) is 59.1 Å². The zero-order valence-corrected chi connectivity index (χ0v) is 20.2. The van der Waals surface area contributed by atoms with Crippen LogP contribution in [-0.4, -0.2) is 40.4 Å². The highest BCUT2D eigenvalue weighted by atomic mass is 35.5. The van der Waals surface area contributed by atoms with Gasteiger partial charge in [-0.25, -0.2) is 0 Å². The lowest BCUT2D eigenvalue weighted by molar-refractivity contribution is -0.138. The highest BCUT2D eigenvalue weighted by molar-refractivity contribution is 6.30. The summed E-state index contributed by atoms with van der Waals surface area (Å²) in [6.07, 6.45) is -0.144. The minimum absolute atomic E-state index is 0.0263. The second kappa shape index (κ2) is 12.6. The molecule has 0 saturated carbocycles. The fourth-order valence-electron chi connectivity index (χ4n) is 3.58. The lowest BCUT2D eigenvalue weighted by Crippen LogP contribution is -2.33. The van der Waals surface area contributed by atoms with E-state index >= 15 is 0 Å². The number of nitrogens with two attached hydrogens (primary N) is 1. The first kappa shape index (κ1) is 26.6. The highest BCUT2D eigenvalue weighted by Crippen LogP contribution is 2.26. The zero-order valence-electron chi connectivity index (χ0n) is 19.4. The van der Waals surface area contributed by atoms with E-state index in [1.807, 2.05) is 48.5 Å². The molecule has 10 heteroatoms. The summed E-state index contributed by atoms with van der Waals surface area (Å²) in [5.41, 5.74) is 8.74. The number of halogens is 1. The van der Waals surface area contributed by atoms with Crippen molar-refractivity contribution in [3.8, 4) is 22.4 Å². The maximum absolute atomic E-state index is 12.1. The Morgan fingerprint density at radius 1 is 1.00 bits per heavy atom. The summed E-state index contributed by atoms with van der Waals surface area (Å²) >= 11 is 6.06. The molecular weight excluding hydrogens is 486 g/mol. The minimum Gasteiger partial charge on any atom is -0.481 e. The van der Waals surface area contributed by atoms with Gasteiger partial charge < -0.3 is 20.7 Å². The van der Waals surface area contributed by atoms with Crippen LogP contribution in [-0.2, 0) is 25.6 Å². The molecule has 3 rings (SSSR count). The van der Waals surface area contributed by atoms with Gasteiger partial charge >= 0.3 is 5.97 Å². The number of rotatable bonds is 13. The van der Waals surface area contributed by atoms with Crippen LogP contribution >= 0.6 is 11.6 Å². The first-order valence-electron chi connectivity index (χ1n) is 11.3. The highest BCUT2D eigenvalue weighted by Gasteiger charge is 2.21. The summed E-state index contributed by atoms with van der Waals surface area (Å²) in [4.78, 5) is 46.3. The minimum atomic E-state index is -1.08. The van der Waals surface area contributed by atoms with Crippen LogP contribution in [0.3, 0.4) is 0 Å². The molecule has 1 heterocycles. The van der Waals surface area contributed by atoms with Crippen LogP contribution in [0, 0.1) is 5.92 Å². The Morgan fingerprint density at radius 3 is 2.39 bits per heavy atom. The Balaban J connectivity index is 1.46. The van der Waals surface area contributed by atoms with Crippen molar-refractivity contribution in [1.82, 2.24) is 10.5 Å². The third-order valence-electron chi connectivity index (χ3n) is 5.56. The summed E-state index contributed by atoms with van der Waals surface area (Å²) in [7, 11) is 0. The van der Waals surface area contributed by atoms with Crippen molar-refractivity contribution in [3.63, 3.8) is 0 Å². The van der Waals surface area contributed by atoms with Gasteiger partial charge in [-0.05, 0) is 29.7 Å². The number of carbonyl (C=O) groups is 4.